The standard InChI is InChI=1S/C21H21N3O6S/c1-29-17-4-2-15(3-5-17)12-16(14-22)21(26)23-19-13-18(6-7-20(19)25)31(27,28)24-8-10-30-11-9-24/h2-7,12-13,25H,8-11H2,1H3,(H,23,26)/b16-12+. The second-order valence-electron chi connectivity index (χ2n) is 6.59. The molecule has 9 nitrogen and oxygen atoms in total. The molecule has 1 fully saturated rings. The fourth-order valence-corrected chi connectivity index (χ4v) is 4.35. The number of ether oxygens (including phenoxy) is 2. The molecule has 0 atom stereocenters. The van der Waals surface area contributed by atoms with Crippen LogP contribution in [0.25, 0.3) is 6.08 Å². The van der Waals surface area contributed by atoms with Crippen molar-refractivity contribution >= 4 is 27.7 Å². The summed E-state index contributed by atoms with van der Waals surface area (Å²) in [4.78, 5) is 12.5. The molecule has 1 amide bonds. The molecule has 1 saturated heterocycles. The van der Waals surface area contributed by atoms with E-state index in [1.807, 2.05) is 6.07 Å². The van der Waals surface area contributed by atoms with E-state index >= 15 is 0 Å². The average Bonchev–Trinajstić information content (AvgIpc) is 2.79. The van der Waals surface area contributed by atoms with Gasteiger partial charge in [-0.1, -0.05) is 12.1 Å². The first kappa shape index (κ1) is 22.3. The van der Waals surface area contributed by atoms with Gasteiger partial charge in [-0.05, 0) is 42.0 Å². The molecule has 0 unspecified atom stereocenters. The van der Waals surface area contributed by atoms with E-state index < -0.39 is 15.9 Å². The molecule has 31 heavy (non-hydrogen) atoms. The van der Waals surface area contributed by atoms with Crippen LogP contribution in [0.1, 0.15) is 5.56 Å². The van der Waals surface area contributed by atoms with E-state index in [2.05, 4.69) is 5.32 Å². The van der Waals surface area contributed by atoms with Crippen LogP contribution in [-0.4, -0.2) is 57.1 Å². The van der Waals surface area contributed by atoms with E-state index in [0.29, 0.717) is 24.5 Å². The molecule has 2 N–H and O–H groups in total. The molecule has 1 aliphatic heterocycles. The zero-order valence-corrected chi connectivity index (χ0v) is 17.6. The quantitative estimate of drug-likeness (QED) is 0.397. The maximum Gasteiger partial charge on any atom is 0.266 e. The van der Waals surface area contributed by atoms with Gasteiger partial charge >= 0.3 is 0 Å². The lowest BCUT2D eigenvalue weighted by Crippen LogP contribution is -2.40. The number of nitrogens with zero attached hydrogens (tertiary/aromatic N) is 2. The number of benzene rings is 2. The summed E-state index contributed by atoms with van der Waals surface area (Å²) in [5.41, 5.74) is 0.265. The summed E-state index contributed by atoms with van der Waals surface area (Å²) < 4.78 is 37.2. The lowest BCUT2D eigenvalue weighted by atomic mass is 10.1. The van der Waals surface area contributed by atoms with Crippen molar-refractivity contribution in [1.29, 1.82) is 5.26 Å². The van der Waals surface area contributed by atoms with Crippen LogP contribution in [0.15, 0.2) is 52.9 Å². The highest BCUT2D eigenvalue weighted by molar-refractivity contribution is 7.89. The molecule has 2 aromatic rings. The molecule has 3 rings (SSSR count). The third-order valence-electron chi connectivity index (χ3n) is 4.62. The van der Waals surface area contributed by atoms with Crippen molar-refractivity contribution in [2.24, 2.45) is 0 Å². The van der Waals surface area contributed by atoms with Gasteiger partial charge in [0.1, 0.15) is 23.1 Å². The topological polar surface area (TPSA) is 129 Å². The second kappa shape index (κ2) is 9.61. The molecular formula is C21H21N3O6S. The Bertz CT molecular complexity index is 1130. The Morgan fingerprint density at radius 1 is 1.23 bits per heavy atom. The third-order valence-corrected chi connectivity index (χ3v) is 6.51. The highest BCUT2D eigenvalue weighted by Gasteiger charge is 2.27. The molecule has 1 aliphatic rings. The molecule has 0 aliphatic carbocycles. The van der Waals surface area contributed by atoms with Gasteiger partial charge in [-0.2, -0.15) is 9.57 Å². The number of phenols is 1. The molecule has 0 saturated carbocycles. The van der Waals surface area contributed by atoms with Crippen molar-refractivity contribution in [2.45, 2.75) is 4.90 Å². The third kappa shape index (κ3) is 5.21. The van der Waals surface area contributed by atoms with Crippen molar-refractivity contribution in [3.63, 3.8) is 0 Å². The van der Waals surface area contributed by atoms with Gasteiger partial charge in [0, 0.05) is 13.1 Å². The van der Waals surface area contributed by atoms with Crippen LogP contribution < -0.4 is 10.1 Å². The van der Waals surface area contributed by atoms with Gasteiger partial charge in [0.15, 0.2) is 0 Å². The molecule has 10 heteroatoms. The summed E-state index contributed by atoms with van der Waals surface area (Å²) in [5.74, 6) is -0.478. The molecular weight excluding hydrogens is 422 g/mol. The second-order valence-corrected chi connectivity index (χ2v) is 8.53. The van der Waals surface area contributed by atoms with Gasteiger partial charge in [-0.25, -0.2) is 8.42 Å². The molecule has 0 bridgehead atoms. The molecule has 0 aromatic heterocycles. The number of aromatic hydroxyl groups is 1. The van der Waals surface area contributed by atoms with E-state index in [1.54, 1.807) is 24.3 Å². The largest absolute Gasteiger partial charge is 0.506 e. The lowest BCUT2D eigenvalue weighted by Gasteiger charge is -2.26. The maximum atomic E-state index is 12.8. The van der Waals surface area contributed by atoms with Gasteiger partial charge in [-0.15, -0.1) is 0 Å². The number of methoxy groups -OCH3 is 1. The SMILES string of the molecule is COc1ccc(/C=C(\C#N)C(=O)Nc2cc(S(=O)(=O)N3CCOCC3)ccc2O)cc1. The van der Waals surface area contributed by atoms with Crippen LogP contribution in [0.4, 0.5) is 5.69 Å². The molecule has 1 heterocycles. The first-order chi connectivity index (χ1) is 14.8. The van der Waals surface area contributed by atoms with Gasteiger partial charge in [0.25, 0.3) is 5.91 Å². The van der Waals surface area contributed by atoms with E-state index in [4.69, 9.17) is 9.47 Å². The van der Waals surface area contributed by atoms with E-state index in [9.17, 15) is 23.6 Å². The van der Waals surface area contributed by atoms with E-state index in [1.165, 1.54) is 35.7 Å². The van der Waals surface area contributed by atoms with Gasteiger partial charge in [0.2, 0.25) is 10.0 Å². The highest BCUT2D eigenvalue weighted by atomic mass is 32.2. The van der Waals surface area contributed by atoms with Crippen molar-refractivity contribution in [1.82, 2.24) is 4.31 Å². The number of carbonyl (C=O) groups is 1. The summed E-state index contributed by atoms with van der Waals surface area (Å²) in [7, 11) is -2.29. The Morgan fingerprint density at radius 2 is 1.90 bits per heavy atom. The summed E-state index contributed by atoms with van der Waals surface area (Å²) >= 11 is 0. The molecule has 0 spiro atoms. The predicted molar refractivity (Wildman–Crippen MR) is 113 cm³/mol. The minimum absolute atomic E-state index is 0.0832. The number of morpholine rings is 1. The molecule has 0 radical (unpaired) electrons. The molecule has 2 aromatic carbocycles. The number of phenolic OH excluding ortho intramolecular Hbond substituents is 1. The minimum Gasteiger partial charge on any atom is -0.506 e. The number of hydrogen-bond acceptors (Lipinski definition) is 7. The maximum absolute atomic E-state index is 12.8. The van der Waals surface area contributed by atoms with Gasteiger partial charge in [-0.3, -0.25) is 4.79 Å². The van der Waals surface area contributed by atoms with Crippen LogP contribution >= 0.6 is 0 Å². The average molecular weight is 443 g/mol. The smallest absolute Gasteiger partial charge is 0.266 e. The van der Waals surface area contributed by atoms with Crippen LogP contribution in [0.5, 0.6) is 11.5 Å². The van der Waals surface area contributed by atoms with E-state index in [-0.39, 0.29) is 35.0 Å². The number of nitrogens with one attached hydrogen (secondary N) is 1. The van der Waals surface area contributed by atoms with Crippen molar-refractivity contribution in [3.8, 4) is 17.6 Å². The number of amides is 1. The number of nitriles is 1. The Labute approximate surface area is 180 Å². The number of sulfonamides is 1. The number of hydrogen-bond donors (Lipinski definition) is 2. The summed E-state index contributed by atoms with van der Waals surface area (Å²) in [6.45, 7) is 1.02. The Hall–Kier alpha value is -3.39. The molecule has 162 valence electrons. The Kier molecular flexibility index (Phi) is 6.91. The van der Waals surface area contributed by atoms with E-state index in [0.717, 1.165) is 0 Å². The number of rotatable bonds is 6. The fraction of sp³-hybridized carbons (Fsp3) is 0.238. The van der Waals surface area contributed by atoms with Crippen LogP contribution in [-0.2, 0) is 19.6 Å². The normalized spacial score (nSPS) is 15.2. The van der Waals surface area contributed by atoms with Crippen LogP contribution in [0.2, 0.25) is 0 Å². The first-order valence-corrected chi connectivity index (χ1v) is 10.8. The Morgan fingerprint density at radius 3 is 2.52 bits per heavy atom. The first-order valence-electron chi connectivity index (χ1n) is 9.33. The van der Waals surface area contributed by atoms with Crippen LogP contribution in [0, 0.1) is 11.3 Å². The van der Waals surface area contributed by atoms with Gasteiger partial charge in [0.05, 0.1) is 30.9 Å². The van der Waals surface area contributed by atoms with Crippen molar-refractivity contribution in [3.05, 3.63) is 53.6 Å². The van der Waals surface area contributed by atoms with Crippen molar-refractivity contribution in [2.75, 3.05) is 38.7 Å². The number of carbonyl (C=O) groups excluding carboxylic acids is 1. The monoisotopic (exact) mass is 443 g/mol. The zero-order chi connectivity index (χ0) is 22.4. The fourth-order valence-electron chi connectivity index (χ4n) is 2.92. The summed E-state index contributed by atoms with van der Waals surface area (Å²) in [5, 5.41) is 21.9. The summed E-state index contributed by atoms with van der Waals surface area (Å²) in [6.07, 6.45) is 1.38. The predicted octanol–water partition coefficient (Wildman–Crippen LogP) is 1.97. The Balaban J connectivity index is 1.83. The zero-order valence-electron chi connectivity index (χ0n) is 16.7. The van der Waals surface area contributed by atoms with Crippen LogP contribution in [0.3, 0.4) is 0 Å². The lowest BCUT2D eigenvalue weighted by molar-refractivity contribution is -0.112. The van der Waals surface area contributed by atoms with Gasteiger partial charge < -0.3 is 19.9 Å². The highest BCUT2D eigenvalue weighted by Crippen LogP contribution is 2.29. The summed E-state index contributed by atoms with van der Waals surface area (Å²) in [6, 6.07) is 12.1. The number of anilines is 1. The van der Waals surface area contributed by atoms with Crippen molar-refractivity contribution < 1.29 is 27.8 Å². The minimum atomic E-state index is -3.82.